The van der Waals surface area contributed by atoms with Crippen molar-refractivity contribution < 1.29 is 9.84 Å². The van der Waals surface area contributed by atoms with Crippen LogP contribution in [0.1, 0.15) is 34.5 Å². The molecule has 1 aliphatic heterocycles. The lowest BCUT2D eigenvalue weighted by Gasteiger charge is -2.20. The van der Waals surface area contributed by atoms with Crippen molar-refractivity contribution in [2.75, 3.05) is 7.11 Å². The molecule has 5 heteroatoms. The summed E-state index contributed by atoms with van der Waals surface area (Å²) < 4.78 is 7.04. The van der Waals surface area contributed by atoms with Crippen molar-refractivity contribution in [1.29, 1.82) is 0 Å². The van der Waals surface area contributed by atoms with Gasteiger partial charge in [-0.05, 0) is 18.1 Å². The number of rotatable bonds is 3. The number of ether oxygens (including phenoxy) is 1. The number of hydrogen-bond acceptors (Lipinski definition) is 4. The molecular formula is C15H19N3O2. The third-order valence-corrected chi connectivity index (χ3v) is 3.92. The quantitative estimate of drug-likeness (QED) is 0.892. The van der Waals surface area contributed by atoms with Gasteiger partial charge in [-0.15, -0.1) is 0 Å². The average Bonchev–Trinajstić information content (AvgIpc) is 2.98. The molecule has 0 radical (unpaired) electrons. The maximum atomic E-state index is 10.8. The molecule has 2 N–H and O–H groups in total. The molecule has 0 bridgehead atoms. The summed E-state index contributed by atoms with van der Waals surface area (Å²) in [6, 6.07) is 8.04. The van der Waals surface area contributed by atoms with Gasteiger partial charge in [-0.3, -0.25) is 0 Å². The topological polar surface area (TPSA) is 59.3 Å². The Morgan fingerprint density at radius 3 is 2.95 bits per heavy atom. The summed E-state index contributed by atoms with van der Waals surface area (Å²) in [6.45, 7) is 2.67. The molecule has 0 amide bonds. The van der Waals surface area contributed by atoms with Gasteiger partial charge in [0.05, 0.1) is 24.4 Å². The highest BCUT2D eigenvalue weighted by atomic mass is 16.5. The molecule has 2 aromatic rings. The van der Waals surface area contributed by atoms with E-state index in [-0.39, 0.29) is 6.04 Å². The first-order valence-electron chi connectivity index (χ1n) is 6.70. The Balaban J connectivity index is 2.01. The van der Waals surface area contributed by atoms with Gasteiger partial charge in [0.15, 0.2) is 0 Å². The van der Waals surface area contributed by atoms with Crippen LogP contribution in [0.3, 0.4) is 0 Å². The fraction of sp³-hybridized carbons (Fsp3) is 0.400. The van der Waals surface area contributed by atoms with Crippen LogP contribution in [0, 0.1) is 6.92 Å². The number of aromatic nitrogens is 2. The number of benzene rings is 1. The molecule has 0 saturated heterocycles. The number of fused-ring (bicyclic) bond motifs is 1. The molecule has 0 fully saturated rings. The van der Waals surface area contributed by atoms with Crippen LogP contribution in [0.15, 0.2) is 24.3 Å². The zero-order valence-electron chi connectivity index (χ0n) is 11.9. The molecule has 5 nitrogen and oxygen atoms in total. The summed E-state index contributed by atoms with van der Waals surface area (Å²) in [7, 11) is 3.42. The second-order valence-electron chi connectivity index (χ2n) is 5.13. The van der Waals surface area contributed by atoms with Gasteiger partial charge >= 0.3 is 0 Å². The van der Waals surface area contributed by atoms with Gasteiger partial charge in [-0.1, -0.05) is 24.3 Å². The van der Waals surface area contributed by atoms with Crippen molar-refractivity contribution in [3.63, 3.8) is 0 Å². The molecule has 0 aliphatic carbocycles. The van der Waals surface area contributed by atoms with Crippen LogP contribution in [0.4, 0.5) is 0 Å². The normalized spacial score (nSPS) is 18.9. The molecule has 1 aromatic heterocycles. The second-order valence-corrected chi connectivity index (χ2v) is 5.13. The fourth-order valence-corrected chi connectivity index (χ4v) is 3.01. The van der Waals surface area contributed by atoms with Crippen molar-refractivity contribution in [1.82, 2.24) is 15.1 Å². The molecule has 106 valence electrons. The van der Waals surface area contributed by atoms with E-state index in [0.717, 1.165) is 23.4 Å². The first-order chi connectivity index (χ1) is 9.63. The highest BCUT2D eigenvalue weighted by Gasteiger charge is 2.33. The van der Waals surface area contributed by atoms with Gasteiger partial charge in [0.2, 0.25) is 5.88 Å². The van der Waals surface area contributed by atoms with Crippen LogP contribution in [0.2, 0.25) is 0 Å². The predicted octanol–water partition coefficient (Wildman–Crippen LogP) is 1.62. The molecule has 1 aliphatic rings. The Bertz CT molecular complexity index is 636. The summed E-state index contributed by atoms with van der Waals surface area (Å²) in [5.41, 5.74) is 3.93. The maximum Gasteiger partial charge on any atom is 0.217 e. The summed E-state index contributed by atoms with van der Waals surface area (Å²) in [5.74, 6) is 0.612. The molecule has 2 unspecified atom stereocenters. The van der Waals surface area contributed by atoms with Gasteiger partial charge in [0.25, 0.3) is 0 Å². The third kappa shape index (κ3) is 1.90. The van der Waals surface area contributed by atoms with E-state index in [0.29, 0.717) is 5.88 Å². The number of nitrogens with zero attached hydrogens (tertiary/aromatic N) is 2. The highest BCUT2D eigenvalue weighted by molar-refractivity contribution is 5.40. The van der Waals surface area contributed by atoms with Crippen LogP contribution in [-0.4, -0.2) is 22.0 Å². The van der Waals surface area contributed by atoms with Gasteiger partial charge in [0.1, 0.15) is 6.10 Å². The standard InChI is InChI=1S/C15H19N3O2/c1-9-12(15(20-3)18(2)17-9)14(19)13-11-7-5-4-6-10(11)8-16-13/h4-7,13-14,16,19H,8H2,1-3H3. The average molecular weight is 273 g/mol. The number of hydrogen-bond donors (Lipinski definition) is 2. The minimum atomic E-state index is -0.678. The van der Waals surface area contributed by atoms with Crippen molar-refractivity contribution in [3.05, 3.63) is 46.6 Å². The van der Waals surface area contributed by atoms with E-state index in [1.807, 2.05) is 26.1 Å². The Labute approximate surface area is 118 Å². The van der Waals surface area contributed by atoms with Gasteiger partial charge in [0, 0.05) is 13.6 Å². The van der Waals surface area contributed by atoms with Crippen molar-refractivity contribution >= 4 is 0 Å². The summed E-state index contributed by atoms with van der Waals surface area (Å²) in [4.78, 5) is 0. The van der Waals surface area contributed by atoms with Crippen molar-refractivity contribution in [2.24, 2.45) is 7.05 Å². The third-order valence-electron chi connectivity index (χ3n) is 3.92. The minimum absolute atomic E-state index is 0.122. The fourth-order valence-electron chi connectivity index (χ4n) is 3.01. The summed E-state index contributed by atoms with van der Waals surface area (Å²) in [5, 5.41) is 18.5. The number of aryl methyl sites for hydroxylation is 2. The lowest BCUT2D eigenvalue weighted by atomic mass is 9.96. The highest BCUT2D eigenvalue weighted by Crippen LogP contribution is 2.39. The molecule has 2 heterocycles. The van der Waals surface area contributed by atoms with Gasteiger partial charge in [-0.2, -0.15) is 5.10 Å². The first-order valence-corrected chi connectivity index (χ1v) is 6.70. The van der Waals surface area contributed by atoms with Crippen LogP contribution < -0.4 is 10.1 Å². The molecule has 3 rings (SSSR count). The lowest BCUT2D eigenvalue weighted by Crippen LogP contribution is -2.21. The maximum absolute atomic E-state index is 10.8. The largest absolute Gasteiger partial charge is 0.481 e. The Hall–Kier alpha value is -1.85. The Kier molecular flexibility index (Phi) is 3.23. The van der Waals surface area contributed by atoms with Crippen LogP contribution >= 0.6 is 0 Å². The number of aliphatic hydroxyl groups is 1. The summed E-state index contributed by atoms with van der Waals surface area (Å²) >= 11 is 0. The van der Waals surface area contributed by atoms with E-state index < -0.39 is 6.10 Å². The van der Waals surface area contributed by atoms with E-state index >= 15 is 0 Å². The monoisotopic (exact) mass is 273 g/mol. The lowest BCUT2D eigenvalue weighted by molar-refractivity contribution is 0.129. The zero-order valence-corrected chi connectivity index (χ0v) is 11.9. The molecule has 20 heavy (non-hydrogen) atoms. The second kappa shape index (κ2) is 4.92. The van der Waals surface area contributed by atoms with E-state index in [9.17, 15) is 5.11 Å². The van der Waals surface area contributed by atoms with Gasteiger partial charge in [-0.25, -0.2) is 4.68 Å². The van der Waals surface area contributed by atoms with E-state index in [2.05, 4.69) is 22.5 Å². The Morgan fingerprint density at radius 1 is 1.45 bits per heavy atom. The Morgan fingerprint density at radius 2 is 2.20 bits per heavy atom. The molecular weight excluding hydrogens is 254 g/mol. The van der Waals surface area contributed by atoms with E-state index in [1.54, 1.807) is 11.8 Å². The van der Waals surface area contributed by atoms with Crippen molar-refractivity contribution in [2.45, 2.75) is 25.6 Å². The first kappa shape index (κ1) is 13.1. The minimum Gasteiger partial charge on any atom is -0.481 e. The van der Waals surface area contributed by atoms with Crippen LogP contribution in [0.5, 0.6) is 5.88 Å². The molecule has 0 spiro atoms. The van der Waals surface area contributed by atoms with Crippen LogP contribution in [0.25, 0.3) is 0 Å². The number of aliphatic hydroxyl groups excluding tert-OH is 1. The molecule has 0 saturated carbocycles. The summed E-state index contributed by atoms with van der Waals surface area (Å²) in [6.07, 6.45) is -0.678. The SMILES string of the molecule is COc1c(C(O)C2NCc3ccccc32)c(C)nn1C. The molecule has 1 aromatic carbocycles. The predicted molar refractivity (Wildman–Crippen MR) is 75.5 cm³/mol. The number of nitrogens with one attached hydrogen (secondary N) is 1. The van der Waals surface area contributed by atoms with Crippen molar-refractivity contribution in [3.8, 4) is 5.88 Å². The van der Waals surface area contributed by atoms with Gasteiger partial charge < -0.3 is 15.2 Å². The van der Waals surface area contributed by atoms with E-state index in [4.69, 9.17) is 4.74 Å². The number of methoxy groups -OCH3 is 1. The van der Waals surface area contributed by atoms with E-state index in [1.165, 1.54) is 5.56 Å². The zero-order chi connectivity index (χ0) is 14.3. The molecule has 2 atom stereocenters. The smallest absolute Gasteiger partial charge is 0.217 e. The van der Waals surface area contributed by atoms with Crippen LogP contribution in [-0.2, 0) is 13.6 Å².